The molecular formula is C30H40N2O6. The van der Waals surface area contributed by atoms with E-state index in [0.717, 1.165) is 16.8 Å². The Morgan fingerprint density at radius 1 is 1.32 bits per heavy atom. The maximum Gasteiger partial charge on any atom is 0.312 e. The van der Waals surface area contributed by atoms with E-state index in [1.165, 1.54) is 4.90 Å². The Morgan fingerprint density at radius 2 is 2.03 bits per heavy atom. The summed E-state index contributed by atoms with van der Waals surface area (Å²) in [6.07, 6.45) is 4.26. The molecule has 3 aliphatic heterocycles. The average Bonchev–Trinajstić information content (AvgIpc) is 3.40. The Balaban J connectivity index is 1.84. The molecule has 3 heterocycles. The first-order valence-corrected chi connectivity index (χ1v) is 13.4. The van der Waals surface area contributed by atoms with E-state index in [1.54, 1.807) is 24.0 Å². The molecule has 1 spiro atoms. The van der Waals surface area contributed by atoms with Crippen LogP contribution in [0.3, 0.4) is 0 Å². The van der Waals surface area contributed by atoms with Crippen LogP contribution in [0.5, 0.6) is 0 Å². The van der Waals surface area contributed by atoms with Crippen LogP contribution in [0.4, 0.5) is 5.69 Å². The maximum atomic E-state index is 14.6. The molecule has 3 fully saturated rings. The van der Waals surface area contributed by atoms with Gasteiger partial charge in [-0.2, -0.15) is 0 Å². The number of aliphatic hydroxyl groups excluding tert-OH is 1. The summed E-state index contributed by atoms with van der Waals surface area (Å²) in [5, 5.41) is 10.1. The van der Waals surface area contributed by atoms with Gasteiger partial charge in [-0.05, 0) is 63.6 Å². The summed E-state index contributed by atoms with van der Waals surface area (Å²) in [4.78, 5) is 45.3. The predicted octanol–water partition coefficient (Wildman–Crippen LogP) is 3.33. The van der Waals surface area contributed by atoms with Crippen LogP contribution in [0, 0.1) is 31.6 Å². The van der Waals surface area contributed by atoms with Gasteiger partial charge >= 0.3 is 5.97 Å². The monoisotopic (exact) mass is 524 g/mol. The van der Waals surface area contributed by atoms with Crippen molar-refractivity contribution < 1.29 is 29.0 Å². The van der Waals surface area contributed by atoms with Gasteiger partial charge < -0.3 is 24.4 Å². The molecule has 38 heavy (non-hydrogen) atoms. The lowest BCUT2D eigenvalue weighted by Gasteiger charge is -2.39. The molecule has 8 heteroatoms. The minimum atomic E-state index is -1.22. The number of likely N-dealkylation sites (tertiary alicyclic amines) is 1. The highest BCUT2D eigenvalue weighted by Gasteiger charge is 2.80. The number of ether oxygens (including phenoxy) is 2. The van der Waals surface area contributed by atoms with Crippen LogP contribution in [0.2, 0.25) is 0 Å². The summed E-state index contributed by atoms with van der Waals surface area (Å²) in [6.45, 7) is 17.0. The number of hydrogen-bond donors (Lipinski definition) is 1. The van der Waals surface area contributed by atoms with E-state index in [1.807, 2.05) is 45.9 Å². The second kappa shape index (κ2) is 10.3. The summed E-state index contributed by atoms with van der Waals surface area (Å²) in [5.74, 6) is -3.01. The molecule has 2 amide bonds. The third kappa shape index (κ3) is 4.09. The minimum Gasteiger partial charge on any atom is -0.465 e. The fraction of sp³-hybridized carbons (Fsp3) is 0.567. The van der Waals surface area contributed by atoms with Gasteiger partial charge in [-0.1, -0.05) is 31.2 Å². The standard InChI is InChI=1S/C30H40N2O6/c1-8-10-14-37-28(36)24-23-26(34)32(21(6)17-33)25(30(23)16-20(5)29(24,7)38-30)27(35)31(13-9-2)22-15-18(3)11-12-19(22)4/h8-9,11-12,15,20-21,23-25,33H,1-2,10,13-14,16-17H2,3-7H3/t20?,21-,23+,24-,25?,29+,30?/m1/s1. The average molecular weight is 525 g/mol. The van der Waals surface area contributed by atoms with Crippen molar-refractivity contribution in [2.75, 3.05) is 24.7 Å². The molecule has 1 aromatic rings. The van der Waals surface area contributed by atoms with E-state index < -0.39 is 41.1 Å². The summed E-state index contributed by atoms with van der Waals surface area (Å²) < 4.78 is 12.3. The number of rotatable bonds is 10. The second-order valence-electron chi connectivity index (χ2n) is 11.3. The zero-order chi connectivity index (χ0) is 28.0. The fourth-order valence-electron chi connectivity index (χ4n) is 6.80. The van der Waals surface area contributed by atoms with Gasteiger partial charge in [-0.25, -0.2) is 0 Å². The number of nitrogens with zero attached hydrogens (tertiary/aromatic N) is 2. The second-order valence-corrected chi connectivity index (χ2v) is 11.3. The number of carbonyl (C=O) groups is 3. The van der Waals surface area contributed by atoms with Crippen LogP contribution in [0.1, 0.15) is 44.7 Å². The van der Waals surface area contributed by atoms with E-state index in [-0.39, 0.29) is 37.5 Å². The van der Waals surface area contributed by atoms with Crippen molar-refractivity contribution in [3.05, 3.63) is 54.6 Å². The molecule has 1 aromatic carbocycles. The zero-order valence-electron chi connectivity index (χ0n) is 23.1. The van der Waals surface area contributed by atoms with Crippen LogP contribution in [-0.4, -0.2) is 70.8 Å². The highest BCUT2D eigenvalue weighted by atomic mass is 16.6. The van der Waals surface area contributed by atoms with Crippen molar-refractivity contribution in [2.24, 2.45) is 17.8 Å². The van der Waals surface area contributed by atoms with Gasteiger partial charge in [0, 0.05) is 12.2 Å². The first-order valence-electron chi connectivity index (χ1n) is 13.4. The molecule has 1 N–H and O–H groups in total. The van der Waals surface area contributed by atoms with E-state index in [0.29, 0.717) is 12.8 Å². The van der Waals surface area contributed by atoms with E-state index in [9.17, 15) is 19.5 Å². The number of aliphatic hydroxyl groups is 1. The number of fused-ring (bicyclic) bond motifs is 1. The van der Waals surface area contributed by atoms with Gasteiger partial charge in [0.05, 0.1) is 30.8 Å². The summed E-state index contributed by atoms with van der Waals surface area (Å²) >= 11 is 0. The van der Waals surface area contributed by atoms with Crippen molar-refractivity contribution >= 4 is 23.5 Å². The molecule has 206 valence electrons. The molecule has 0 saturated carbocycles. The third-order valence-corrected chi connectivity index (χ3v) is 8.78. The van der Waals surface area contributed by atoms with Gasteiger partial charge in [-0.3, -0.25) is 14.4 Å². The van der Waals surface area contributed by atoms with Crippen LogP contribution in [0.15, 0.2) is 43.5 Å². The lowest BCUT2D eigenvalue weighted by Crippen LogP contribution is -2.58. The molecule has 2 bridgehead atoms. The number of benzene rings is 1. The molecule has 8 nitrogen and oxygen atoms in total. The molecule has 0 aromatic heterocycles. The quantitative estimate of drug-likeness (QED) is 0.287. The predicted molar refractivity (Wildman–Crippen MR) is 144 cm³/mol. The normalized spacial score (nSPS) is 32.2. The van der Waals surface area contributed by atoms with Gasteiger partial charge in [0.25, 0.3) is 5.91 Å². The molecule has 4 rings (SSSR count). The maximum absolute atomic E-state index is 14.6. The summed E-state index contributed by atoms with van der Waals surface area (Å²) in [6, 6.07) is 4.22. The Morgan fingerprint density at radius 3 is 2.66 bits per heavy atom. The van der Waals surface area contributed by atoms with E-state index in [4.69, 9.17) is 9.47 Å². The highest BCUT2D eigenvalue weighted by Crippen LogP contribution is 2.65. The van der Waals surface area contributed by atoms with Crippen LogP contribution in [-0.2, 0) is 23.9 Å². The van der Waals surface area contributed by atoms with Crippen molar-refractivity contribution in [1.29, 1.82) is 0 Å². The number of esters is 1. The molecule has 7 atom stereocenters. The van der Waals surface area contributed by atoms with Crippen molar-refractivity contribution in [2.45, 2.75) is 70.7 Å². The lowest BCUT2D eigenvalue weighted by molar-refractivity contribution is -0.162. The first kappa shape index (κ1) is 28.0. The summed E-state index contributed by atoms with van der Waals surface area (Å²) in [7, 11) is 0. The van der Waals surface area contributed by atoms with Gasteiger partial charge in [-0.15, -0.1) is 13.2 Å². The van der Waals surface area contributed by atoms with E-state index >= 15 is 0 Å². The number of hydrogen-bond acceptors (Lipinski definition) is 6. The van der Waals surface area contributed by atoms with Crippen molar-refractivity contribution in [1.82, 2.24) is 4.90 Å². The molecule has 3 saturated heterocycles. The fourth-order valence-corrected chi connectivity index (χ4v) is 6.80. The Bertz CT molecular complexity index is 1150. The third-order valence-electron chi connectivity index (χ3n) is 8.78. The smallest absolute Gasteiger partial charge is 0.312 e. The SMILES string of the molecule is C=CCCOC(=O)[C@H]1[C@H]2C(=O)N([C@H](C)CO)C(C(=O)N(CC=C)c3cc(C)ccc3C)C23CC(C)[C@]1(C)O3. The molecule has 3 unspecified atom stereocenters. The molecular weight excluding hydrogens is 484 g/mol. The highest BCUT2D eigenvalue weighted by molar-refractivity contribution is 6.05. The largest absolute Gasteiger partial charge is 0.465 e. The Labute approximate surface area is 225 Å². The van der Waals surface area contributed by atoms with Gasteiger partial charge in [0.15, 0.2) is 0 Å². The Hall–Kier alpha value is -2.97. The summed E-state index contributed by atoms with van der Waals surface area (Å²) in [5.41, 5.74) is 0.456. The molecule has 0 aliphatic carbocycles. The number of aryl methyl sites for hydroxylation is 2. The zero-order valence-corrected chi connectivity index (χ0v) is 23.1. The van der Waals surface area contributed by atoms with Crippen LogP contribution >= 0.6 is 0 Å². The van der Waals surface area contributed by atoms with Crippen molar-refractivity contribution in [3.63, 3.8) is 0 Å². The number of amides is 2. The van der Waals surface area contributed by atoms with Gasteiger partial charge in [0.2, 0.25) is 5.91 Å². The van der Waals surface area contributed by atoms with Crippen LogP contribution in [0.25, 0.3) is 0 Å². The number of carbonyl (C=O) groups excluding carboxylic acids is 3. The molecule has 3 aliphatic rings. The van der Waals surface area contributed by atoms with Gasteiger partial charge in [0.1, 0.15) is 17.6 Å². The topological polar surface area (TPSA) is 96.4 Å². The Kier molecular flexibility index (Phi) is 7.60. The van der Waals surface area contributed by atoms with Crippen LogP contribution < -0.4 is 4.90 Å². The number of anilines is 1. The molecule has 0 radical (unpaired) electrons. The lowest BCUT2D eigenvalue weighted by atomic mass is 9.62. The minimum absolute atomic E-state index is 0.100. The van der Waals surface area contributed by atoms with E-state index in [2.05, 4.69) is 13.2 Å². The first-order chi connectivity index (χ1) is 18.0. The van der Waals surface area contributed by atoms with Crippen molar-refractivity contribution in [3.8, 4) is 0 Å².